The van der Waals surface area contributed by atoms with Crippen molar-refractivity contribution in [2.75, 3.05) is 12.5 Å². The molecule has 6 nitrogen and oxygen atoms in total. The molecule has 1 aliphatic rings. The molecule has 0 fully saturated rings. The zero-order valence-corrected chi connectivity index (χ0v) is 16.9. The van der Waals surface area contributed by atoms with Crippen molar-refractivity contribution < 1.29 is 17.9 Å². The van der Waals surface area contributed by atoms with Crippen molar-refractivity contribution in [2.24, 2.45) is 5.10 Å². The highest BCUT2D eigenvalue weighted by atomic mass is 79.9. The van der Waals surface area contributed by atoms with Crippen LogP contribution < -0.4 is 14.3 Å². The molecule has 1 aromatic carbocycles. The number of unbranched alkanes of at least 4 members (excludes halogenated alkanes) is 6. The Morgan fingerprint density at radius 3 is 2.48 bits per heavy atom. The van der Waals surface area contributed by atoms with Crippen LogP contribution in [0.25, 0.3) is 0 Å². The Hall–Kier alpha value is -1.28. The van der Waals surface area contributed by atoms with Crippen LogP contribution in [-0.4, -0.2) is 27.2 Å². The second-order valence-electron chi connectivity index (χ2n) is 6.02. The fourth-order valence-electron chi connectivity index (χ4n) is 2.50. The summed E-state index contributed by atoms with van der Waals surface area (Å²) in [6.07, 6.45) is 9.01. The largest absolute Gasteiger partial charge is 0.454 e. The molecule has 2 rings (SSSR count). The molecular formula is C17H25BrN2O4S. The fraction of sp³-hybridized carbons (Fsp3) is 0.588. The van der Waals surface area contributed by atoms with Gasteiger partial charge in [0.05, 0.1) is 12.0 Å². The summed E-state index contributed by atoms with van der Waals surface area (Å²) in [5.74, 6) is 1.37. The third-order valence-corrected chi connectivity index (χ3v) is 5.80. The van der Waals surface area contributed by atoms with Crippen LogP contribution in [0.2, 0.25) is 0 Å². The molecule has 8 heteroatoms. The molecule has 0 amide bonds. The van der Waals surface area contributed by atoms with Gasteiger partial charge in [0.2, 0.25) is 16.8 Å². The lowest BCUT2D eigenvalue weighted by atomic mass is 10.1. The number of benzene rings is 1. The number of ether oxygens (including phenoxy) is 2. The average Bonchev–Trinajstić information content (AvgIpc) is 3.01. The molecular weight excluding hydrogens is 408 g/mol. The van der Waals surface area contributed by atoms with E-state index in [0.29, 0.717) is 23.5 Å². The van der Waals surface area contributed by atoms with Crippen molar-refractivity contribution in [1.29, 1.82) is 0 Å². The quantitative estimate of drug-likeness (QED) is 0.323. The SMILES string of the molecule is CCCCCCCCCS(=O)(=O)N/N=C/c1cc2c(cc1Br)OCO2. The number of hydrazone groups is 1. The molecule has 0 bridgehead atoms. The second-order valence-corrected chi connectivity index (χ2v) is 8.69. The van der Waals surface area contributed by atoms with Gasteiger partial charge in [-0.3, -0.25) is 0 Å². The maximum absolute atomic E-state index is 11.9. The first-order chi connectivity index (χ1) is 12.0. The number of hydrogen-bond acceptors (Lipinski definition) is 5. The van der Waals surface area contributed by atoms with E-state index in [4.69, 9.17) is 9.47 Å². The van der Waals surface area contributed by atoms with E-state index in [1.54, 1.807) is 12.1 Å². The summed E-state index contributed by atoms with van der Waals surface area (Å²) in [5, 5.41) is 3.85. The fourth-order valence-corrected chi connectivity index (χ4v) is 3.82. The van der Waals surface area contributed by atoms with Crippen LogP contribution in [-0.2, 0) is 10.0 Å². The van der Waals surface area contributed by atoms with Gasteiger partial charge in [-0.15, -0.1) is 0 Å². The Morgan fingerprint density at radius 1 is 1.12 bits per heavy atom. The molecule has 25 heavy (non-hydrogen) atoms. The normalized spacial score (nSPS) is 13.5. The van der Waals surface area contributed by atoms with E-state index in [9.17, 15) is 8.42 Å². The number of halogens is 1. The molecule has 0 aromatic heterocycles. The lowest BCUT2D eigenvalue weighted by Crippen LogP contribution is -2.21. The molecule has 1 N–H and O–H groups in total. The minimum atomic E-state index is -3.39. The Bertz CT molecular complexity index is 692. The summed E-state index contributed by atoms with van der Waals surface area (Å²) in [7, 11) is -3.39. The maximum Gasteiger partial charge on any atom is 0.247 e. The van der Waals surface area contributed by atoms with E-state index in [-0.39, 0.29) is 12.5 Å². The van der Waals surface area contributed by atoms with Gasteiger partial charge in [-0.25, -0.2) is 13.2 Å². The van der Waals surface area contributed by atoms with Gasteiger partial charge in [0.15, 0.2) is 11.5 Å². The molecule has 0 aliphatic carbocycles. The average molecular weight is 433 g/mol. The van der Waals surface area contributed by atoms with Crippen molar-refractivity contribution in [3.05, 3.63) is 22.2 Å². The van der Waals surface area contributed by atoms with Crippen LogP contribution in [0.15, 0.2) is 21.7 Å². The monoisotopic (exact) mass is 432 g/mol. The van der Waals surface area contributed by atoms with Crippen molar-refractivity contribution in [2.45, 2.75) is 51.9 Å². The minimum absolute atomic E-state index is 0.0976. The standard InChI is InChI=1S/C17H25BrN2O4S/c1-2-3-4-5-6-7-8-9-25(21,22)20-19-12-14-10-16-17(11-15(14)18)24-13-23-16/h10-12,20H,2-9,13H2,1H3/b19-12+. The van der Waals surface area contributed by atoms with Gasteiger partial charge in [0.25, 0.3) is 0 Å². The molecule has 0 saturated carbocycles. The van der Waals surface area contributed by atoms with Crippen LogP contribution >= 0.6 is 15.9 Å². The number of sulfonamides is 1. The number of fused-ring (bicyclic) bond motifs is 1. The highest BCUT2D eigenvalue weighted by molar-refractivity contribution is 9.10. The number of nitrogens with one attached hydrogen (secondary N) is 1. The van der Waals surface area contributed by atoms with Gasteiger partial charge in [-0.2, -0.15) is 5.10 Å². The van der Waals surface area contributed by atoms with Crippen molar-refractivity contribution >= 4 is 32.2 Å². The lowest BCUT2D eigenvalue weighted by Gasteiger charge is -2.04. The molecule has 0 spiro atoms. The van der Waals surface area contributed by atoms with Crippen molar-refractivity contribution in [3.63, 3.8) is 0 Å². The van der Waals surface area contributed by atoms with Crippen LogP contribution in [0.5, 0.6) is 11.5 Å². The predicted octanol–water partition coefficient (Wildman–Crippen LogP) is 4.18. The molecule has 0 atom stereocenters. The lowest BCUT2D eigenvalue weighted by molar-refractivity contribution is 0.174. The highest BCUT2D eigenvalue weighted by Crippen LogP contribution is 2.36. The first kappa shape index (κ1) is 20.0. The van der Waals surface area contributed by atoms with Crippen LogP contribution in [0.4, 0.5) is 0 Å². The van der Waals surface area contributed by atoms with Crippen molar-refractivity contribution in [3.8, 4) is 11.5 Å². The first-order valence-corrected chi connectivity index (χ1v) is 11.1. The predicted molar refractivity (Wildman–Crippen MR) is 103 cm³/mol. The van der Waals surface area contributed by atoms with Gasteiger partial charge < -0.3 is 9.47 Å². The number of rotatable bonds is 11. The molecule has 1 heterocycles. The summed E-state index contributed by atoms with van der Waals surface area (Å²) < 4.78 is 35.2. The van der Waals surface area contributed by atoms with E-state index < -0.39 is 10.0 Å². The Morgan fingerprint density at radius 2 is 1.76 bits per heavy atom. The number of nitrogens with zero attached hydrogens (tertiary/aromatic N) is 1. The molecule has 0 saturated heterocycles. The maximum atomic E-state index is 11.9. The minimum Gasteiger partial charge on any atom is -0.454 e. The van der Waals surface area contributed by atoms with Gasteiger partial charge >= 0.3 is 0 Å². The number of hydrogen-bond donors (Lipinski definition) is 1. The molecule has 1 aliphatic heterocycles. The Labute approximate surface area is 158 Å². The van der Waals surface area contributed by atoms with Gasteiger partial charge in [-0.05, 0) is 34.5 Å². The zero-order chi connectivity index (χ0) is 18.1. The van der Waals surface area contributed by atoms with Crippen LogP contribution in [0.1, 0.15) is 57.4 Å². The summed E-state index contributed by atoms with van der Waals surface area (Å²) >= 11 is 3.40. The molecule has 140 valence electrons. The topological polar surface area (TPSA) is 77.0 Å². The molecule has 0 radical (unpaired) electrons. The van der Waals surface area contributed by atoms with Crippen LogP contribution in [0, 0.1) is 0 Å². The summed E-state index contributed by atoms with van der Waals surface area (Å²) in [5.41, 5.74) is 0.711. The van der Waals surface area contributed by atoms with E-state index in [0.717, 1.165) is 17.3 Å². The van der Waals surface area contributed by atoms with Gasteiger partial charge in [-0.1, -0.05) is 45.4 Å². The van der Waals surface area contributed by atoms with Gasteiger partial charge in [0.1, 0.15) is 0 Å². The van der Waals surface area contributed by atoms with E-state index >= 15 is 0 Å². The van der Waals surface area contributed by atoms with Crippen molar-refractivity contribution in [1.82, 2.24) is 4.83 Å². The van der Waals surface area contributed by atoms with E-state index in [2.05, 4.69) is 32.8 Å². The Kier molecular flexibility index (Phi) is 8.02. The molecule has 0 unspecified atom stereocenters. The Balaban J connectivity index is 1.75. The first-order valence-electron chi connectivity index (χ1n) is 8.63. The highest BCUT2D eigenvalue weighted by Gasteiger charge is 2.15. The third-order valence-electron chi connectivity index (χ3n) is 3.90. The summed E-state index contributed by atoms with van der Waals surface area (Å²) in [4.78, 5) is 2.26. The second kappa shape index (κ2) is 10.0. The zero-order valence-electron chi connectivity index (χ0n) is 14.5. The smallest absolute Gasteiger partial charge is 0.247 e. The van der Waals surface area contributed by atoms with E-state index in [1.165, 1.54) is 31.9 Å². The van der Waals surface area contributed by atoms with E-state index in [1.807, 2.05) is 0 Å². The summed E-state index contributed by atoms with van der Waals surface area (Å²) in [6, 6.07) is 3.53. The van der Waals surface area contributed by atoms with Crippen LogP contribution in [0.3, 0.4) is 0 Å². The van der Waals surface area contributed by atoms with Gasteiger partial charge in [0, 0.05) is 10.0 Å². The summed E-state index contributed by atoms with van der Waals surface area (Å²) in [6.45, 7) is 2.37. The third kappa shape index (κ3) is 6.86. The molecule has 1 aromatic rings.